The van der Waals surface area contributed by atoms with Crippen molar-refractivity contribution in [3.63, 3.8) is 0 Å². The summed E-state index contributed by atoms with van der Waals surface area (Å²) < 4.78 is 5.36. The number of benzene rings is 1. The van der Waals surface area contributed by atoms with E-state index in [9.17, 15) is 4.79 Å². The Labute approximate surface area is 140 Å². The van der Waals surface area contributed by atoms with Gasteiger partial charge in [0.1, 0.15) is 5.69 Å². The van der Waals surface area contributed by atoms with Gasteiger partial charge in [-0.3, -0.25) is 10.1 Å². The van der Waals surface area contributed by atoms with Crippen LogP contribution in [0.4, 0.5) is 6.01 Å². The fraction of sp³-hybridized carbons (Fsp3) is 0.0667. The van der Waals surface area contributed by atoms with E-state index in [0.29, 0.717) is 10.7 Å². The van der Waals surface area contributed by atoms with Crippen LogP contribution in [0, 0.1) is 6.92 Å². The van der Waals surface area contributed by atoms with Crippen molar-refractivity contribution in [3.8, 4) is 11.6 Å². The molecule has 2 aromatic heterocycles. The lowest BCUT2D eigenvalue weighted by molar-refractivity contribution is -0.112. The van der Waals surface area contributed by atoms with E-state index in [-0.39, 0.29) is 11.9 Å². The summed E-state index contributed by atoms with van der Waals surface area (Å²) in [5.41, 5.74) is 1.33. The molecule has 0 aliphatic carbocycles. The van der Waals surface area contributed by atoms with Gasteiger partial charge in [0, 0.05) is 16.5 Å². The van der Waals surface area contributed by atoms with E-state index in [1.54, 1.807) is 12.1 Å². The van der Waals surface area contributed by atoms with Crippen LogP contribution in [0.3, 0.4) is 0 Å². The summed E-state index contributed by atoms with van der Waals surface area (Å²) in [4.78, 5) is 16.1. The summed E-state index contributed by atoms with van der Waals surface area (Å²) in [6.45, 7) is 1.88. The average molecular weight is 347 g/mol. The quantitative estimate of drug-likeness (QED) is 0.726. The lowest BCUT2D eigenvalue weighted by Crippen LogP contribution is -2.07. The van der Waals surface area contributed by atoms with E-state index < -0.39 is 5.91 Å². The van der Waals surface area contributed by atoms with Crippen molar-refractivity contribution < 1.29 is 9.21 Å². The zero-order valence-electron chi connectivity index (χ0n) is 12.0. The van der Waals surface area contributed by atoms with Crippen LogP contribution in [0.15, 0.2) is 40.1 Å². The Bertz CT molecular complexity index is 872. The first-order valence-electron chi connectivity index (χ1n) is 6.61. The highest BCUT2D eigenvalue weighted by atomic mass is 35.5. The van der Waals surface area contributed by atoms with Gasteiger partial charge in [0.2, 0.25) is 0 Å². The van der Waals surface area contributed by atoms with Crippen LogP contribution in [0.25, 0.3) is 17.7 Å². The maximum absolute atomic E-state index is 11.9. The molecule has 2 heterocycles. The van der Waals surface area contributed by atoms with E-state index in [1.807, 2.05) is 30.5 Å². The van der Waals surface area contributed by atoms with Crippen LogP contribution in [0.2, 0.25) is 5.02 Å². The summed E-state index contributed by atoms with van der Waals surface area (Å²) in [6, 6.07) is 7.23. The van der Waals surface area contributed by atoms with Crippen LogP contribution in [-0.4, -0.2) is 21.1 Å². The third-order valence-electron chi connectivity index (χ3n) is 2.81. The van der Waals surface area contributed by atoms with Crippen molar-refractivity contribution in [2.45, 2.75) is 6.92 Å². The Kier molecular flexibility index (Phi) is 4.50. The molecule has 0 saturated heterocycles. The van der Waals surface area contributed by atoms with Gasteiger partial charge in [0.05, 0.1) is 5.01 Å². The molecule has 0 spiro atoms. The lowest BCUT2D eigenvalue weighted by atomic mass is 10.2. The number of hydrogen-bond donors (Lipinski definition) is 1. The SMILES string of the molecule is Cc1nc(-c2nnc(NC(=O)/C=C/c3ccccc3Cl)o2)cs1. The molecular weight excluding hydrogens is 336 g/mol. The number of nitrogens with one attached hydrogen (secondary N) is 1. The zero-order chi connectivity index (χ0) is 16.2. The first-order valence-corrected chi connectivity index (χ1v) is 7.87. The van der Waals surface area contributed by atoms with Gasteiger partial charge in [-0.1, -0.05) is 34.9 Å². The molecule has 0 radical (unpaired) electrons. The van der Waals surface area contributed by atoms with Crippen molar-refractivity contribution in [1.82, 2.24) is 15.2 Å². The third-order valence-corrected chi connectivity index (χ3v) is 3.93. The van der Waals surface area contributed by atoms with Gasteiger partial charge >= 0.3 is 6.01 Å². The van der Waals surface area contributed by atoms with Gasteiger partial charge in [-0.05, 0) is 24.6 Å². The Balaban J connectivity index is 1.67. The molecule has 6 nitrogen and oxygen atoms in total. The normalized spacial score (nSPS) is 11.0. The molecule has 1 N–H and O–H groups in total. The molecule has 0 bridgehead atoms. The molecule has 0 fully saturated rings. The van der Waals surface area contributed by atoms with Crippen molar-refractivity contribution in [1.29, 1.82) is 0 Å². The molecule has 1 amide bonds. The number of rotatable bonds is 4. The molecule has 23 heavy (non-hydrogen) atoms. The van der Waals surface area contributed by atoms with Crippen molar-refractivity contribution in [2.75, 3.05) is 5.32 Å². The first-order chi connectivity index (χ1) is 11.1. The summed E-state index contributed by atoms with van der Waals surface area (Å²) >= 11 is 7.49. The predicted octanol–water partition coefficient (Wildman–Crippen LogP) is 3.81. The number of halogens is 1. The number of carbonyl (C=O) groups is 1. The van der Waals surface area contributed by atoms with Crippen LogP contribution in [-0.2, 0) is 4.79 Å². The third kappa shape index (κ3) is 3.82. The van der Waals surface area contributed by atoms with Gasteiger partial charge in [-0.25, -0.2) is 4.98 Å². The van der Waals surface area contributed by atoms with Crippen molar-refractivity contribution >= 4 is 40.9 Å². The molecule has 8 heteroatoms. The average Bonchev–Trinajstić information content (AvgIpc) is 3.15. The zero-order valence-corrected chi connectivity index (χ0v) is 13.6. The van der Waals surface area contributed by atoms with Gasteiger partial charge in [0.15, 0.2) is 0 Å². The second-order valence-electron chi connectivity index (χ2n) is 4.51. The van der Waals surface area contributed by atoms with Crippen LogP contribution < -0.4 is 5.32 Å². The minimum Gasteiger partial charge on any atom is -0.401 e. The Morgan fingerprint density at radius 2 is 2.17 bits per heavy atom. The minimum absolute atomic E-state index is 0.0134. The molecule has 0 aliphatic rings. The van der Waals surface area contributed by atoms with Crippen LogP contribution in [0.5, 0.6) is 0 Å². The van der Waals surface area contributed by atoms with Gasteiger partial charge < -0.3 is 4.42 Å². The number of carbonyl (C=O) groups excluding carboxylic acids is 1. The van der Waals surface area contributed by atoms with E-state index >= 15 is 0 Å². The highest BCUT2D eigenvalue weighted by molar-refractivity contribution is 7.09. The summed E-state index contributed by atoms with van der Waals surface area (Å²) in [5.74, 6) is -0.130. The fourth-order valence-corrected chi connectivity index (χ4v) is 2.55. The molecule has 0 atom stereocenters. The first kappa shape index (κ1) is 15.4. The molecule has 1 aromatic carbocycles. The molecule has 116 valence electrons. The highest BCUT2D eigenvalue weighted by Gasteiger charge is 2.12. The van der Waals surface area contributed by atoms with Gasteiger partial charge in [0.25, 0.3) is 11.8 Å². The second kappa shape index (κ2) is 6.72. The number of nitrogens with zero attached hydrogens (tertiary/aromatic N) is 3. The van der Waals surface area contributed by atoms with E-state index in [1.165, 1.54) is 17.4 Å². The summed E-state index contributed by atoms with van der Waals surface area (Å²) in [5, 5.41) is 13.4. The second-order valence-corrected chi connectivity index (χ2v) is 5.98. The standard InChI is InChI=1S/C15H11ClN4O2S/c1-9-17-12(8-23-9)14-19-20-15(22-14)18-13(21)7-6-10-4-2-3-5-11(10)16/h2-8H,1H3,(H,18,20,21)/b7-6+. The number of anilines is 1. The summed E-state index contributed by atoms with van der Waals surface area (Å²) in [6.07, 6.45) is 2.96. The molecular formula is C15H11ClN4O2S. The molecule has 0 saturated carbocycles. The topological polar surface area (TPSA) is 80.9 Å². The number of hydrogen-bond acceptors (Lipinski definition) is 6. The monoisotopic (exact) mass is 346 g/mol. The van der Waals surface area contributed by atoms with E-state index in [0.717, 1.165) is 10.6 Å². The van der Waals surface area contributed by atoms with Crippen LogP contribution >= 0.6 is 22.9 Å². The molecule has 3 aromatic rings. The molecule has 3 rings (SSSR count). The maximum atomic E-state index is 11.9. The minimum atomic E-state index is -0.394. The number of aromatic nitrogens is 3. The lowest BCUT2D eigenvalue weighted by Gasteiger charge is -1.97. The Hall–Kier alpha value is -2.51. The number of aryl methyl sites for hydroxylation is 1. The molecule has 0 unspecified atom stereocenters. The smallest absolute Gasteiger partial charge is 0.322 e. The van der Waals surface area contributed by atoms with Gasteiger partial charge in [-0.15, -0.1) is 16.4 Å². The predicted molar refractivity (Wildman–Crippen MR) is 89.3 cm³/mol. The largest absolute Gasteiger partial charge is 0.401 e. The number of thiazole rings is 1. The molecule has 0 aliphatic heterocycles. The van der Waals surface area contributed by atoms with Crippen molar-refractivity contribution in [2.24, 2.45) is 0 Å². The van der Waals surface area contributed by atoms with Crippen molar-refractivity contribution in [3.05, 3.63) is 51.3 Å². The van der Waals surface area contributed by atoms with Gasteiger partial charge in [-0.2, -0.15) is 0 Å². The fourth-order valence-electron chi connectivity index (χ4n) is 1.76. The number of amides is 1. The Morgan fingerprint density at radius 3 is 2.91 bits per heavy atom. The summed E-state index contributed by atoms with van der Waals surface area (Å²) in [7, 11) is 0. The van der Waals surface area contributed by atoms with Crippen LogP contribution in [0.1, 0.15) is 10.6 Å². The maximum Gasteiger partial charge on any atom is 0.322 e. The Morgan fingerprint density at radius 1 is 1.35 bits per heavy atom. The highest BCUT2D eigenvalue weighted by Crippen LogP contribution is 2.21. The van der Waals surface area contributed by atoms with E-state index in [4.69, 9.17) is 16.0 Å². The van der Waals surface area contributed by atoms with E-state index in [2.05, 4.69) is 20.5 Å².